The second-order valence-corrected chi connectivity index (χ2v) is 11.1. The fraction of sp³-hybridized carbons (Fsp3) is 0.103. The number of anilines is 1. The first-order chi connectivity index (χ1) is 23.2. The van der Waals surface area contributed by atoms with E-state index in [0.29, 0.717) is 34.2 Å². The predicted octanol–water partition coefficient (Wildman–Crippen LogP) is 8.86. The maximum atomic E-state index is 13.4. The Labute approximate surface area is 275 Å². The Bertz CT molecular complexity index is 2030. The Morgan fingerprint density at radius 1 is 0.729 bits per heavy atom. The number of rotatable bonds is 10. The van der Waals surface area contributed by atoms with Crippen LogP contribution in [-0.4, -0.2) is 23.4 Å². The maximum absolute atomic E-state index is 13.4. The molecular weight excluding hydrogens is 615 g/mol. The minimum Gasteiger partial charge on any atom is -0.374 e. The summed E-state index contributed by atoms with van der Waals surface area (Å²) < 4.78 is 45.1. The van der Waals surface area contributed by atoms with Gasteiger partial charge < -0.3 is 15.4 Å². The topological polar surface area (TPSA) is 80.3 Å². The van der Waals surface area contributed by atoms with Gasteiger partial charge in [-0.3, -0.25) is 9.59 Å². The molecule has 9 heteroatoms. The second kappa shape index (κ2) is 14.3. The highest BCUT2D eigenvalue weighted by Crippen LogP contribution is 2.32. The number of fused-ring (bicyclic) bond motifs is 1. The van der Waals surface area contributed by atoms with Crippen LogP contribution in [0.15, 0.2) is 140 Å². The monoisotopic (exact) mass is 645 g/mol. The predicted molar refractivity (Wildman–Crippen MR) is 179 cm³/mol. The van der Waals surface area contributed by atoms with Crippen LogP contribution in [0.5, 0.6) is 0 Å². The van der Waals surface area contributed by atoms with Crippen molar-refractivity contribution >= 4 is 28.5 Å². The Morgan fingerprint density at radius 3 is 2.15 bits per heavy atom. The molecule has 0 bridgehead atoms. The number of nitrogens with zero attached hydrogens (tertiary/aromatic N) is 1. The molecule has 0 saturated heterocycles. The third-order valence-electron chi connectivity index (χ3n) is 7.79. The number of carbonyl (C=O) groups is 2. The van der Waals surface area contributed by atoms with E-state index in [1.165, 1.54) is 12.1 Å². The first-order valence-electron chi connectivity index (χ1n) is 15.2. The Kier molecular flexibility index (Phi) is 9.59. The van der Waals surface area contributed by atoms with Crippen LogP contribution in [0, 0.1) is 0 Å². The van der Waals surface area contributed by atoms with Gasteiger partial charge in [-0.15, -0.1) is 0 Å². The van der Waals surface area contributed by atoms with E-state index < -0.39 is 17.6 Å². The number of alkyl halides is 3. The van der Waals surface area contributed by atoms with Crippen molar-refractivity contribution in [1.29, 1.82) is 0 Å². The van der Waals surface area contributed by atoms with Crippen LogP contribution in [0.1, 0.15) is 43.4 Å². The third kappa shape index (κ3) is 7.76. The molecule has 0 unspecified atom stereocenters. The van der Waals surface area contributed by atoms with Crippen molar-refractivity contribution in [2.75, 3.05) is 11.9 Å². The minimum absolute atomic E-state index is 0.272. The van der Waals surface area contributed by atoms with Gasteiger partial charge in [0.1, 0.15) is 5.82 Å². The molecule has 1 aromatic heterocycles. The number of benzene rings is 5. The van der Waals surface area contributed by atoms with Gasteiger partial charge in [0.25, 0.3) is 11.8 Å². The summed E-state index contributed by atoms with van der Waals surface area (Å²) >= 11 is 0. The summed E-state index contributed by atoms with van der Waals surface area (Å²) in [5, 5.41) is 6.57. The minimum atomic E-state index is -4.45. The molecule has 0 aliphatic heterocycles. The van der Waals surface area contributed by atoms with E-state index in [2.05, 4.69) is 15.6 Å². The van der Waals surface area contributed by atoms with Crippen molar-refractivity contribution in [3.05, 3.63) is 167 Å². The Hall–Kier alpha value is -5.80. The van der Waals surface area contributed by atoms with Crippen molar-refractivity contribution in [1.82, 2.24) is 10.3 Å². The summed E-state index contributed by atoms with van der Waals surface area (Å²) in [6.45, 7) is 0.700. The molecule has 6 rings (SSSR count). The number of ether oxygens (including phenoxy) is 1. The summed E-state index contributed by atoms with van der Waals surface area (Å²) in [5.74, 6) is -0.451. The quantitative estimate of drug-likeness (QED) is 0.156. The van der Waals surface area contributed by atoms with Gasteiger partial charge in [-0.25, -0.2) is 4.98 Å². The number of aromatic nitrogens is 1. The average Bonchev–Trinajstić information content (AvgIpc) is 3.11. The fourth-order valence-electron chi connectivity index (χ4n) is 5.31. The molecule has 48 heavy (non-hydrogen) atoms. The van der Waals surface area contributed by atoms with Crippen LogP contribution in [0.3, 0.4) is 0 Å². The summed E-state index contributed by atoms with van der Waals surface area (Å²) in [5.41, 5.74) is 3.44. The average molecular weight is 646 g/mol. The molecule has 0 aliphatic carbocycles. The lowest BCUT2D eigenvalue weighted by atomic mass is 9.98. The highest BCUT2D eigenvalue weighted by molar-refractivity contribution is 6.08. The molecule has 1 atom stereocenters. The van der Waals surface area contributed by atoms with E-state index in [0.717, 1.165) is 23.3 Å². The fourth-order valence-corrected chi connectivity index (χ4v) is 5.31. The Balaban J connectivity index is 1.15. The first kappa shape index (κ1) is 32.2. The lowest BCUT2D eigenvalue weighted by molar-refractivity contribution is -0.137. The van der Waals surface area contributed by atoms with Crippen LogP contribution in [0.2, 0.25) is 0 Å². The van der Waals surface area contributed by atoms with E-state index >= 15 is 0 Å². The number of nitrogens with one attached hydrogen (secondary N) is 2. The summed E-state index contributed by atoms with van der Waals surface area (Å²) in [7, 11) is 0. The van der Waals surface area contributed by atoms with Crippen LogP contribution >= 0.6 is 0 Å². The lowest BCUT2D eigenvalue weighted by Gasteiger charge is -2.20. The SMILES string of the molecule is O=C(N[C@H](COCc1ccccc1)c1ccccc1)c1ccc2nc(NC(=O)c3ccccc3-c3ccc(C(F)(F)F)cc3)ccc2c1. The van der Waals surface area contributed by atoms with Crippen molar-refractivity contribution in [2.45, 2.75) is 18.8 Å². The number of hydrogen-bond acceptors (Lipinski definition) is 4. The van der Waals surface area contributed by atoms with Crippen molar-refractivity contribution in [2.24, 2.45) is 0 Å². The van der Waals surface area contributed by atoms with Gasteiger partial charge in [0.15, 0.2) is 0 Å². The highest BCUT2D eigenvalue weighted by atomic mass is 19.4. The van der Waals surface area contributed by atoms with E-state index in [1.807, 2.05) is 60.7 Å². The smallest absolute Gasteiger partial charge is 0.374 e. The van der Waals surface area contributed by atoms with Gasteiger partial charge in [0, 0.05) is 16.5 Å². The van der Waals surface area contributed by atoms with Gasteiger partial charge in [-0.05, 0) is 70.8 Å². The van der Waals surface area contributed by atoms with Gasteiger partial charge in [0.05, 0.1) is 30.3 Å². The number of hydrogen-bond donors (Lipinski definition) is 2. The molecule has 0 radical (unpaired) electrons. The van der Waals surface area contributed by atoms with Gasteiger partial charge >= 0.3 is 6.18 Å². The zero-order chi connectivity index (χ0) is 33.5. The molecule has 0 aliphatic rings. The number of halogens is 3. The largest absolute Gasteiger partial charge is 0.416 e. The summed E-state index contributed by atoms with van der Waals surface area (Å²) in [6.07, 6.45) is -4.45. The van der Waals surface area contributed by atoms with Crippen molar-refractivity contribution in [3.8, 4) is 11.1 Å². The molecule has 0 fully saturated rings. The van der Waals surface area contributed by atoms with Gasteiger partial charge in [-0.1, -0.05) is 91.0 Å². The van der Waals surface area contributed by atoms with E-state index in [1.54, 1.807) is 54.6 Å². The highest BCUT2D eigenvalue weighted by Gasteiger charge is 2.30. The normalized spacial score (nSPS) is 12.0. The van der Waals surface area contributed by atoms with E-state index in [9.17, 15) is 22.8 Å². The third-order valence-corrected chi connectivity index (χ3v) is 7.79. The van der Waals surface area contributed by atoms with Crippen LogP contribution in [0.4, 0.5) is 19.0 Å². The molecule has 0 saturated carbocycles. The molecule has 5 aromatic carbocycles. The van der Waals surface area contributed by atoms with Crippen molar-refractivity contribution < 1.29 is 27.5 Å². The van der Waals surface area contributed by atoms with Crippen LogP contribution in [0.25, 0.3) is 22.0 Å². The summed E-state index contributed by atoms with van der Waals surface area (Å²) in [4.78, 5) is 31.2. The molecular formula is C39H30F3N3O3. The van der Waals surface area contributed by atoms with E-state index in [-0.39, 0.29) is 29.9 Å². The first-order valence-corrected chi connectivity index (χ1v) is 15.2. The zero-order valence-corrected chi connectivity index (χ0v) is 25.6. The number of pyridine rings is 1. The lowest BCUT2D eigenvalue weighted by Crippen LogP contribution is -2.31. The maximum Gasteiger partial charge on any atom is 0.416 e. The molecule has 6 aromatic rings. The molecule has 6 nitrogen and oxygen atoms in total. The number of carbonyl (C=O) groups excluding carboxylic acids is 2. The molecule has 2 amide bonds. The van der Waals surface area contributed by atoms with Gasteiger partial charge in [0.2, 0.25) is 0 Å². The zero-order valence-electron chi connectivity index (χ0n) is 25.6. The summed E-state index contributed by atoms with van der Waals surface area (Å²) in [6, 6.07) is 38.9. The standard InChI is InChI=1S/C39H30F3N3O3/c40-39(41,42)31-19-15-27(16-20-31)32-13-7-8-14-33(32)38(47)45-36-22-18-29-23-30(17-21-34(29)43-36)37(46)44-35(28-11-5-2-6-12-28)25-48-24-26-9-3-1-4-10-26/h1-23,35H,24-25H2,(H,44,46)(H,43,45,47)/t35-/m1/s1. The molecule has 1 heterocycles. The molecule has 0 spiro atoms. The van der Waals surface area contributed by atoms with Crippen molar-refractivity contribution in [3.63, 3.8) is 0 Å². The Morgan fingerprint density at radius 2 is 1.42 bits per heavy atom. The van der Waals surface area contributed by atoms with E-state index in [4.69, 9.17) is 4.74 Å². The van der Waals surface area contributed by atoms with Crippen LogP contribution < -0.4 is 10.6 Å². The van der Waals surface area contributed by atoms with Crippen LogP contribution in [-0.2, 0) is 17.5 Å². The number of amides is 2. The molecule has 240 valence electrons. The van der Waals surface area contributed by atoms with Gasteiger partial charge in [-0.2, -0.15) is 13.2 Å². The second-order valence-electron chi connectivity index (χ2n) is 11.1. The molecule has 2 N–H and O–H groups in total.